The number of carbonyl (C=O) groups is 1. The number of hydrogen-bond donors (Lipinski definition) is 1. The molecule has 0 saturated carbocycles. The summed E-state index contributed by atoms with van der Waals surface area (Å²) >= 11 is 7.51. The van der Waals surface area contributed by atoms with Crippen molar-refractivity contribution in [2.24, 2.45) is 0 Å². The zero-order valence-electron chi connectivity index (χ0n) is 22.5. The normalized spacial score (nSPS) is 16.4. The third-order valence-corrected chi connectivity index (χ3v) is 8.98. The van der Waals surface area contributed by atoms with Gasteiger partial charge in [0.25, 0.3) is 5.91 Å². The highest BCUT2D eigenvalue weighted by atomic mass is 35.5. The predicted molar refractivity (Wildman–Crippen MR) is 162 cm³/mol. The third kappa shape index (κ3) is 5.17. The number of halogens is 2. The van der Waals surface area contributed by atoms with Gasteiger partial charge in [0.15, 0.2) is 5.13 Å². The van der Waals surface area contributed by atoms with Gasteiger partial charge < -0.3 is 15.0 Å². The van der Waals surface area contributed by atoms with E-state index in [2.05, 4.69) is 20.5 Å². The molecule has 1 saturated heterocycles. The van der Waals surface area contributed by atoms with Gasteiger partial charge in [0.05, 0.1) is 31.1 Å². The molecule has 0 unspecified atom stereocenters. The Hall–Kier alpha value is -4.12. The van der Waals surface area contributed by atoms with Crippen molar-refractivity contribution in [3.8, 4) is 22.5 Å². The van der Waals surface area contributed by atoms with Crippen LogP contribution in [0.25, 0.3) is 22.5 Å². The molecule has 212 valence electrons. The van der Waals surface area contributed by atoms with Crippen LogP contribution < -0.4 is 10.2 Å². The summed E-state index contributed by atoms with van der Waals surface area (Å²) in [4.78, 5) is 21.1. The SMILES string of the molecule is O=C(Nc1ccc(F)c(-c2cn([C@@H]3CCc4cc(Cl)ccc43)nn2)c1)c1sc(N2CCOCC2)nc1-c1ccccc1. The van der Waals surface area contributed by atoms with E-state index < -0.39 is 5.82 Å². The highest BCUT2D eigenvalue weighted by molar-refractivity contribution is 7.18. The van der Waals surface area contributed by atoms with Gasteiger partial charge in [-0.05, 0) is 54.3 Å². The van der Waals surface area contributed by atoms with E-state index in [1.54, 1.807) is 23.0 Å². The van der Waals surface area contributed by atoms with Gasteiger partial charge in [0, 0.05) is 34.9 Å². The van der Waals surface area contributed by atoms with Crippen LogP contribution in [0.3, 0.4) is 0 Å². The van der Waals surface area contributed by atoms with Crippen LogP contribution in [0, 0.1) is 5.82 Å². The topological polar surface area (TPSA) is 85.2 Å². The van der Waals surface area contributed by atoms with E-state index in [-0.39, 0.29) is 17.5 Å². The van der Waals surface area contributed by atoms with E-state index in [1.807, 2.05) is 48.5 Å². The van der Waals surface area contributed by atoms with E-state index >= 15 is 4.39 Å². The summed E-state index contributed by atoms with van der Waals surface area (Å²) in [6.07, 6.45) is 3.51. The van der Waals surface area contributed by atoms with Crippen LogP contribution in [0.1, 0.15) is 33.3 Å². The zero-order chi connectivity index (χ0) is 28.6. The molecule has 2 aliphatic rings. The second kappa shape index (κ2) is 11.3. The molecule has 1 fully saturated rings. The van der Waals surface area contributed by atoms with Crippen molar-refractivity contribution in [1.29, 1.82) is 0 Å². The van der Waals surface area contributed by atoms with E-state index in [9.17, 15) is 4.79 Å². The van der Waals surface area contributed by atoms with Gasteiger partial charge in [-0.3, -0.25) is 4.79 Å². The number of benzene rings is 3. The maximum Gasteiger partial charge on any atom is 0.268 e. The fourth-order valence-electron chi connectivity index (χ4n) is 5.52. The number of aromatic nitrogens is 4. The molecule has 1 aliphatic heterocycles. The number of fused-ring (bicyclic) bond motifs is 1. The maximum atomic E-state index is 15.1. The molecule has 1 N–H and O–H groups in total. The fourth-order valence-corrected chi connectivity index (χ4v) is 6.75. The Morgan fingerprint density at radius 3 is 2.74 bits per heavy atom. The Kier molecular flexibility index (Phi) is 7.19. The Labute approximate surface area is 250 Å². The van der Waals surface area contributed by atoms with Gasteiger partial charge in [-0.25, -0.2) is 14.1 Å². The van der Waals surface area contributed by atoms with E-state index in [0.29, 0.717) is 53.3 Å². The number of anilines is 2. The summed E-state index contributed by atoms with van der Waals surface area (Å²) in [6, 6.07) is 20.0. The first-order valence-electron chi connectivity index (χ1n) is 13.7. The Morgan fingerprint density at radius 2 is 1.90 bits per heavy atom. The summed E-state index contributed by atoms with van der Waals surface area (Å²) < 4.78 is 22.3. The van der Waals surface area contributed by atoms with Crippen molar-refractivity contribution in [1.82, 2.24) is 20.0 Å². The first kappa shape index (κ1) is 26.8. The van der Waals surface area contributed by atoms with Gasteiger partial charge in [-0.1, -0.05) is 64.5 Å². The molecule has 1 atom stereocenters. The number of thiazole rings is 1. The molecule has 2 aromatic heterocycles. The van der Waals surface area contributed by atoms with E-state index in [0.717, 1.165) is 29.1 Å². The van der Waals surface area contributed by atoms with Crippen LogP contribution in [-0.2, 0) is 11.2 Å². The standard InChI is InChI=1S/C31H26ClFN6O2S/c32-21-7-9-23-20(16-21)6-11-27(23)39-18-26(36-37-39)24-17-22(8-10-25(24)33)34-30(40)29-28(19-4-2-1-3-5-19)35-31(42-29)38-12-14-41-15-13-38/h1-5,7-10,16-18,27H,6,11-15H2,(H,34,40)/t27-/m1/s1. The van der Waals surface area contributed by atoms with Crippen molar-refractivity contribution < 1.29 is 13.9 Å². The quantitative estimate of drug-likeness (QED) is 0.240. The number of aryl methyl sites for hydroxylation is 1. The van der Waals surface area contributed by atoms with Crippen molar-refractivity contribution in [2.45, 2.75) is 18.9 Å². The summed E-state index contributed by atoms with van der Waals surface area (Å²) in [5.41, 5.74) is 4.90. The van der Waals surface area contributed by atoms with Crippen molar-refractivity contribution >= 4 is 39.7 Å². The van der Waals surface area contributed by atoms with Crippen LogP contribution in [-0.4, -0.2) is 52.2 Å². The molecule has 8 nitrogen and oxygen atoms in total. The van der Waals surface area contributed by atoms with Crippen LogP contribution in [0.2, 0.25) is 5.02 Å². The number of ether oxygens (including phenoxy) is 1. The molecule has 0 bridgehead atoms. The molecular formula is C31H26ClFN6O2S. The molecule has 1 amide bonds. The molecule has 0 spiro atoms. The minimum atomic E-state index is -0.448. The number of carbonyl (C=O) groups excluding carboxylic acids is 1. The Morgan fingerprint density at radius 1 is 1.07 bits per heavy atom. The van der Waals surface area contributed by atoms with Gasteiger partial charge in [-0.15, -0.1) is 5.10 Å². The van der Waals surface area contributed by atoms with E-state index in [1.165, 1.54) is 23.0 Å². The van der Waals surface area contributed by atoms with Crippen molar-refractivity contribution in [3.05, 3.63) is 99.8 Å². The first-order chi connectivity index (χ1) is 20.5. The monoisotopic (exact) mass is 600 g/mol. The third-order valence-electron chi connectivity index (χ3n) is 7.63. The molecule has 0 radical (unpaired) electrons. The van der Waals surface area contributed by atoms with Gasteiger partial charge in [0.2, 0.25) is 0 Å². The molecule has 3 heterocycles. The number of morpholine rings is 1. The summed E-state index contributed by atoms with van der Waals surface area (Å²) in [6.45, 7) is 2.66. The largest absolute Gasteiger partial charge is 0.378 e. The van der Waals surface area contributed by atoms with Crippen LogP contribution >= 0.6 is 22.9 Å². The fraction of sp³-hybridized carbons (Fsp3) is 0.226. The van der Waals surface area contributed by atoms with Crippen LogP contribution in [0.4, 0.5) is 15.2 Å². The lowest BCUT2D eigenvalue weighted by Crippen LogP contribution is -2.36. The summed E-state index contributed by atoms with van der Waals surface area (Å²) in [7, 11) is 0. The number of nitrogens with zero attached hydrogens (tertiary/aromatic N) is 5. The second-order valence-electron chi connectivity index (χ2n) is 10.3. The average molecular weight is 601 g/mol. The molecule has 3 aromatic carbocycles. The zero-order valence-corrected chi connectivity index (χ0v) is 24.0. The number of amides is 1. The number of nitrogens with one attached hydrogen (secondary N) is 1. The Bertz CT molecular complexity index is 1770. The molecular weight excluding hydrogens is 575 g/mol. The summed E-state index contributed by atoms with van der Waals surface area (Å²) in [5, 5.41) is 13.0. The number of hydrogen-bond acceptors (Lipinski definition) is 7. The molecule has 11 heteroatoms. The van der Waals surface area contributed by atoms with Crippen molar-refractivity contribution in [2.75, 3.05) is 36.5 Å². The highest BCUT2D eigenvalue weighted by Gasteiger charge is 2.27. The minimum Gasteiger partial charge on any atom is -0.378 e. The highest BCUT2D eigenvalue weighted by Crippen LogP contribution is 2.37. The molecule has 5 aromatic rings. The molecule has 42 heavy (non-hydrogen) atoms. The van der Waals surface area contributed by atoms with E-state index in [4.69, 9.17) is 21.3 Å². The van der Waals surface area contributed by atoms with Crippen LogP contribution in [0.5, 0.6) is 0 Å². The summed E-state index contributed by atoms with van der Waals surface area (Å²) in [5.74, 6) is -0.760. The maximum absolute atomic E-state index is 15.1. The smallest absolute Gasteiger partial charge is 0.268 e. The second-order valence-corrected chi connectivity index (χ2v) is 11.7. The van der Waals surface area contributed by atoms with Crippen LogP contribution in [0.15, 0.2) is 72.9 Å². The Balaban J connectivity index is 1.16. The molecule has 7 rings (SSSR count). The van der Waals surface area contributed by atoms with Gasteiger partial charge >= 0.3 is 0 Å². The first-order valence-corrected chi connectivity index (χ1v) is 14.9. The lowest BCUT2D eigenvalue weighted by Gasteiger charge is -2.26. The number of rotatable bonds is 6. The lowest BCUT2D eigenvalue weighted by atomic mass is 10.1. The van der Waals surface area contributed by atoms with Crippen molar-refractivity contribution in [3.63, 3.8) is 0 Å². The van der Waals surface area contributed by atoms with Gasteiger partial charge in [0.1, 0.15) is 16.4 Å². The molecule has 1 aliphatic carbocycles. The minimum absolute atomic E-state index is 0.00728. The van der Waals surface area contributed by atoms with Gasteiger partial charge in [-0.2, -0.15) is 0 Å². The lowest BCUT2D eigenvalue weighted by molar-refractivity contribution is 0.103. The average Bonchev–Trinajstić information content (AvgIpc) is 3.77. The predicted octanol–water partition coefficient (Wildman–Crippen LogP) is 6.49.